The van der Waals surface area contributed by atoms with E-state index in [-0.39, 0.29) is 5.82 Å². The van der Waals surface area contributed by atoms with Crippen molar-refractivity contribution in [2.24, 2.45) is 4.99 Å². The van der Waals surface area contributed by atoms with Crippen molar-refractivity contribution in [3.05, 3.63) is 53.8 Å². The highest BCUT2D eigenvalue weighted by atomic mass is 19.1. The van der Waals surface area contributed by atoms with Crippen LogP contribution in [0.5, 0.6) is 5.75 Å². The lowest BCUT2D eigenvalue weighted by molar-refractivity contribution is 0.304. The van der Waals surface area contributed by atoms with Crippen LogP contribution >= 0.6 is 0 Å². The van der Waals surface area contributed by atoms with E-state index in [0.29, 0.717) is 18.4 Å². The van der Waals surface area contributed by atoms with E-state index in [1.54, 1.807) is 12.1 Å². The van der Waals surface area contributed by atoms with Crippen LogP contribution < -0.4 is 15.0 Å². The number of hydrogen-bond acceptors (Lipinski definition) is 4. The Kier molecular flexibility index (Phi) is 4.17. The van der Waals surface area contributed by atoms with Gasteiger partial charge < -0.3 is 15.0 Å². The summed E-state index contributed by atoms with van der Waals surface area (Å²) in [5.74, 6) is 0.260. The maximum Gasteiger partial charge on any atom is 0.126 e. The monoisotopic (exact) mass is 325 g/mol. The molecule has 0 aliphatic carbocycles. The lowest BCUT2D eigenvalue weighted by Crippen LogP contribution is -2.51. The molecule has 0 radical (unpaired) electrons. The number of piperazine rings is 1. The molecule has 2 heterocycles. The summed E-state index contributed by atoms with van der Waals surface area (Å²) in [7, 11) is 0. The molecule has 0 aromatic heterocycles. The molecule has 1 saturated heterocycles. The van der Waals surface area contributed by atoms with Gasteiger partial charge in [0.25, 0.3) is 0 Å². The number of ether oxygens (including phenoxy) is 1. The van der Waals surface area contributed by atoms with Crippen LogP contribution in [-0.2, 0) is 6.61 Å². The van der Waals surface area contributed by atoms with Gasteiger partial charge in [-0.2, -0.15) is 0 Å². The second-order valence-corrected chi connectivity index (χ2v) is 6.17. The van der Waals surface area contributed by atoms with Crippen molar-refractivity contribution in [1.29, 1.82) is 0 Å². The molecule has 0 spiro atoms. The fraction of sp³-hybridized carbons (Fsp3) is 0.316. The molecule has 24 heavy (non-hydrogen) atoms. The van der Waals surface area contributed by atoms with Crippen molar-refractivity contribution in [2.75, 3.05) is 24.5 Å². The molecule has 2 aliphatic rings. The molecular formula is C19H20FN3O. The van der Waals surface area contributed by atoms with Gasteiger partial charge in [-0.3, -0.25) is 4.99 Å². The van der Waals surface area contributed by atoms with E-state index in [4.69, 9.17) is 4.74 Å². The smallest absolute Gasteiger partial charge is 0.126 e. The number of benzene rings is 2. The molecule has 0 saturated carbocycles. The van der Waals surface area contributed by atoms with Gasteiger partial charge in [-0.1, -0.05) is 12.1 Å². The minimum atomic E-state index is -0.285. The minimum Gasteiger partial charge on any atom is -0.489 e. The Morgan fingerprint density at radius 2 is 2.21 bits per heavy atom. The Bertz CT molecular complexity index is 762. The van der Waals surface area contributed by atoms with Gasteiger partial charge in [0.2, 0.25) is 0 Å². The number of rotatable bonds is 3. The first-order valence-corrected chi connectivity index (χ1v) is 8.31. The summed E-state index contributed by atoms with van der Waals surface area (Å²) in [4.78, 5) is 7.03. The molecule has 1 atom stereocenters. The van der Waals surface area contributed by atoms with E-state index >= 15 is 0 Å². The maximum atomic E-state index is 13.2. The van der Waals surface area contributed by atoms with E-state index in [1.165, 1.54) is 12.1 Å². The van der Waals surface area contributed by atoms with Crippen molar-refractivity contribution in [3.8, 4) is 5.75 Å². The molecule has 124 valence electrons. The maximum absolute atomic E-state index is 13.2. The van der Waals surface area contributed by atoms with Crippen LogP contribution in [0.25, 0.3) is 0 Å². The predicted molar refractivity (Wildman–Crippen MR) is 93.9 cm³/mol. The second kappa shape index (κ2) is 6.61. The molecule has 4 rings (SSSR count). The van der Waals surface area contributed by atoms with Gasteiger partial charge in [0, 0.05) is 44.4 Å². The zero-order valence-corrected chi connectivity index (χ0v) is 13.4. The molecule has 1 N–H and O–H groups in total. The summed E-state index contributed by atoms with van der Waals surface area (Å²) in [6.07, 6.45) is 2.97. The molecule has 2 aromatic carbocycles. The number of nitrogens with one attached hydrogen (secondary N) is 1. The summed E-state index contributed by atoms with van der Waals surface area (Å²) in [5.41, 5.74) is 3.23. The number of anilines is 1. The van der Waals surface area contributed by atoms with Crippen LogP contribution in [0.2, 0.25) is 0 Å². The highest BCUT2D eigenvalue weighted by molar-refractivity contribution is 5.77. The quantitative estimate of drug-likeness (QED) is 0.941. The van der Waals surface area contributed by atoms with Gasteiger partial charge in [-0.25, -0.2) is 4.39 Å². The SMILES string of the molecule is Fc1cccc(OCc2ccc3c(c2)N2CCNCC2CC=N3)c1. The van der Waals surface area contributed by atoms with E-state index in [9.17, 15) is 4.39 Å². The standard InChI is InChI=1S/C19H20FN3O/c20-15-2-1-3-17(11-15)24-13-14-4-5-18-19(10-14)23-9-8-21-12-16(23)6-7-22-18/h1-5,7,10-11,16,21H,6,8-9,12-13H2. The number of hydrogen-bond donors (Lipinski definition) is 1. The van der Waals surface area contributed by atoms with Crippen LogP contribution in [0.15, 0.2) is 47.5 Å². The first kappa shape index (κ1) is 15.1. The lowest BCUT2D eigenvalue weighted by Gasteiger charge is -2.37. The van der Waals surface area contributed by atoms with Crippen molar-refractivity contribution in [1.82, 2.24) is 5.32 Å². The van der Waals surface area contributed by atoms with Crippen molar-refractivity contribution in [2.45, 2.75) is 19.1 Å². The zero-order valence-electron chi connectivity index (χ0n) is 13.4. The fourth-order valence-electron chi connectivity index (χ4n) is 3.28. The van der Waals surface area contributed by atoms with E-state index in [1.807, 2.05) is 18.3 Å². The van der Waals surface area contributed by atoms with Gasteiger partial charge in [0.1, 0.15) is 18.2 Å². The predicted octanol–water partition coefficient (Wildman–Crippen LogP) is 3.29. The molecule has 1 unspecified atom stereocenters. The van der Waals surface area contributed by atoms with Gasteiger partial charge in [0.15, 0.2) is 0 Å². The fourth-order valence-corrected chi connectivity index (χ4v) is 3.28. The largest absolute Gasteiger partial charge is 0.489 e. The normalized spacial score (nSPS) is 19.4. The molecule has 4 nitrogen and oxygen atoms in total. The molecule has 1 fully saturated rings. The van der Waals surface area contributed by atoms with E-state index in [0.717, 1.165) is 43.0 Å². The molecular weight excluding hydrogens is 305 g/mol. The average molecular weight is 325 g/mol. The lowest BCUT2D eigenvalue weighted by atomic mass is 10.1. The highest BCUT2D eigenvalue weighted by Crippen LogP contribution is 2.34. The van der Waals surface area contributed by atoms with E-state index < -0.39 is 0 Å². The Morgan fingerprint density at radius 3 is 3.12 bits per heavy atom. The first-order chi connectivity index (χ1) is 11.8. The Hall–Kier alpha value is -2.40. The molecule has 5 heteroatoms. The molecule has 0 amide bonds. The summed E-state index contributed by atoms with van der Waals surface area (Å²) in [5, 5.41) is 3.45. The van der Waals surface area contributed by atoms with Gasteiger partial charge in [0.05, 0.1) is 11.4 Å². The molecule has 2 aliphatic heterocycles. The van der Waals surface area contributed by atoms with Crippen LogP contribution in [0, 0.1) is 5.82 Å². The van der Waals surface area contributed by atoms with Crippen LogP contribution in [0.1, 0.15) is 12.0 Å². The van der Waals surface area contributed by atoms with Crippen molar-refractivity contribution < 1.29 is 9.13 Å². The van der Waals surface area contributed by atoms with Gasteiger partial charge >= 0.3 is 0 Å². The molecule has 0 bridgehead atoms. The van der Waals surface area contributed by atoms with Crippen LogP contribution in [0.3, 0.4) is 0 Å². The molecule has 2 aromatic rings. The van der Waals surface area contributed by atoms with Crippen molar-refractivity contribution >= 4 is 17.6 Å². The third-order valence-corrected chi connectivity index (χ3v) is 4.51. The topological polar surface area (TPSA) is 36.9 Å². The third kappa shape index (κ3) is 3.12. The zero-order chi connectivity index (χ0) is 16.4. The Balaban J connectivity index is 1.56. The number of halogens is 1. The Morgan fingerprint density at radius 1 is 1.25 bits per heavy atom. The number of aliphatic imine (C=N–C) groups is 1. The van der Waals surface area contributed by atoms with Crippen LogP contribution in [-0.4, -0.2) is 31.9 Å². The van der Waals surface area contributed by atoms with Gasteiger partial charge in [-0.15, -0.1) is 0 Å². The third-order valence-electron chi connectivity index (χ3n) is 4.51. The second-order valence-electron chi connectivity index (χ2n) is 6.17. The summed E-state index contributed by atoms with van der Waals surface area (Å²) < 4.78 is 19.0. The number of nitrogens with zero attached hydrogens (tertiary/aromatic N) is 2. The van der Waals surface area contributed by atoms with Crippen molar-refractivity contribution in [3.63, 3.8) is 0 Å². The summed E-state index contributed by atoms with van der Waals surface area (Å²) >= 11 is 0. The Labute approximate surface area is 141 Å². The average Bonchev–Trinajstić information content (AvgIpc) is 2.79. The first-order valence-electron chi connectivity index (χ1n) is 8.31. The van der Waals surface area contributed by atoms with E-state index in [2.05, 4.69) is 21.3 Å². The highest BCUT2D eigenvalue weighted by Gasteiger charge is 2.25. The summed E-state index contributed by atoms with van der Waals surface area (Å²) in [6.45, 7) is 3.36. The summed E-state index contributed by atoms with van der Waals surface area (Å²) in [6, 6.07) is 12.9. The van der Waals surface area contributed by atoms with Gasteiger partial charge in [-0.05, 0) is 29.8 Å². The number of fused-ring (bicyclic) bond motifs is 3. The minimum absolute atomic E-state index is 0.285. The van der Waals surface area contributed by atoms with Crippen LogP contribution in [0.4, 0.5) is 15.8 Å².